The summed E-state index contributed by atoms with van der Waals surface area (Å²) < 4.78 is 39.6. The minimum absolute atomic E-state index is 0.249. The molecule has 2 atom stereocenters. The summed E-state index contributed by atoms with van der Waals surface area (Å²) in [5.74, 6) is -0.840. The molecule has 0 fully saturated rings. The lowest BCUT2D eigenvalue weighted by Gasteiger charge is -2.23. The fraction of sp³-hybridized carbons (Fsp3) is 0.304. The van der Waals surface area contributed by atoms with Crippen LogP contribution in [0.15, 0.2) is 48.5 Å². The number of para-hydroxylation sites is 1. The van der Waals surface area contributed by atoms with E-state index in [2.05, 4.69) is 26.1 Å². The molecule has 0 saturated carbocycles. The number of urea groups is 1. The summed E-state index contributed by atoms with van der Waals surface area (Å²) in [4.78, 5) is 25.4. The van der Waals surface area contributed by atoms with Crippen LogP contribution >= 0.6 is 11.3 Å². The molecule has 1 aromatic heterocycles. The number of benzene rings is 2. The average molecular weight is 492 g/mol. The number of aromatic nitrogens is 2. The lowest BCUT2D eigenvalue weighted by Crippen LogP contribution is -2.49. The number of hydrogen-bond donors (Lipinski definition) is 3. The second-order valence-corrected chi connectivity index (χ2v) is 8.75. The van der Waals surface area contributed by atoms with E-state index in [1.54, 1.807) is 6.92 Å². The Morgan fingerprint density at radius 2 is 1.71 bits per heavy atom. The molecule has 3 amide bonds. The van der Waals surface area contributed by atoms with E-state index in [4.69, 9.17) is 0 Å². The number of carbonyl (C=O) groups excluding carboxylic acids is 2. The zero-order valence-corrected chi connectivity index (χ0v) is 19.6. The highest BCUT2D eigenvalue weighted by molar-refractivity contribution is 7.18. The van der Waals surface area contributed by atoms with Crippen LogP contribution in [0.3, 0.4) is 0 Å². The van der Waals surface area contributed by atoms with Gasteiger partial charge in [0.05, 0.1) is 11.3 Å². The molecule has 0 aliphatic heterocycles. The summed E-state index contributed by atoms with van der Waals surface area (Å²) in [6, 6.07) is 10.4. The normalized spacial score (nSPS) is 13.1. The maximum absolute atomic E-state index is 13.2. The Labute approximate surface area is 198 Å². The summed E-state index contributed by atoms with van der Waals surface area (Å²) in [6.07, 6.45) is -4.09. The standard InChI is InChI=1S/C23H24F3N5O2S/c1-4-14(3)18(28-21(33)27-17-8-6-5-7-16(17)23(24,25)26)19(32)29-22-31-30-20(34-22)15-11-9-13(2)10-12-15/h5-12,14,18H,4H2,1-3H3,(H2,27,28,33)(H,29,31,32). The van der Waals surface area contributed by atoms with Crippen LogP contribution in [0.1, 0.15) is 31.4 Å². The molecule has 2 unspecified atom stereocenters. The van der Waals surface area contributed by atoms with Crippen LogP contribution in [0.5, 0.6) is 0 Å². The largest absolute Gasteiger partial charge is 0.418 e. The number of nitrogens with zero attached hydrogens (tertiary/aromatic N) is 2. The third-order valence-electron chi connectivity index (χ3n) is 5.22. The Morgan fingerprint density at radius 1 is 1.03 bits per heavy atom. The molecule has 1 heterocycles. The number of anilines is 2. The Bertz CT molecular complexity index is 1150. The number of alkyl halides is 3. The van der Waals surface area contributed by atoms with Gasteiger partial charge in [-0.1, -0.05) is 73.6 Å². The minimum atomic E-state index is -4.63. The summed E-state index contributed by atoms with van der Waals surface area (Å²) in [5.41, 5.74) is 0.568. The van der Waals surface area contributed by atoms with Gasteiger partial charge in [0.25, 0.3) is 0 Å². The predicted octanol–water partition coefficient (Wildman–Crippen LogP) is 5.71. The molecular weight excluding hydrogens is 467 g/mol. The first-order chi connectivity index (χ1) is 16.1. The SMILES string of the molecule is CCC(C)C(NC(=O)Nc1ccccc1C(F)(F)F)C(=O)Nc1nnc(-c2ccc(C)cc2)s1. The lowest BCUT2D eigenvalue weighted by atomic mass is 9.98. The first kappa shape index (κ1) is 25.2. The van der Waals surface area contributed by atoms with Crippen molar-refractivity contribution in [2.24, 2.45) is 5.92 Å². The maximum atomic E-state index is 13.2. The van der Waals surface area contributed by atoms with Crippen molar-refractivity contribution in [1.82, 2.24) is 15.5 Å². The minimum Gasteiger partial charge on any atom is -0.326 e. The van der Waals surface area contributed by atoms with Crippen molar-refractivity contribution in [3.63, 3.8) is 0 Å². The molecule has 7 nitrogen and oxygen atoms in total. The third kappa shape index (κ3) is 6.31. The molecular formula is C23H24F3N5O2S. The number of hydrogen-bond acceptors (Lipinski definition) is 5. The van der Waals surface area contributed by atoms with Crippen LogP contribution in [0.25, 0.3) is 10.6 Å². The van der Waals surface area contributed by atoms with Crippen LogP contribution in [-0.4, -0.2) is 28.2 Å². The topological polar surface area (TPSA) is 96.0 Å². The van der Waals surface area contributed by atoms with Crippen LogP contribution in [0, 0.1) is 12.8 Å². The predicted molar refractivity (Wildman–Crippen MR) is 126 cm³/mol. The monoisotopic (exact) mass is 491 g/mol. The van der Waals surface area contributed by atoms with E-state index in [1.807, 2.05) is 38.1 Å². The lowest BCUT2D eigenvalue weighted by molar-refractivity contribution is -0.137. The van der Waals surface area contributed by atoms with Crippen LogP contribution in [0.2, 0.25) is 0 Å². The molecule has 34 heavy (non-hydrogen) atoms. The Kier molecular flexibility index (Phi) is 7.87. The quantitative estimate of drug-likeness (QED) is 0.395. The molecule has 0 aliphatic carbocycles. The Morgan fingerprint density at radius 3 is 2.35 bits per heavy atom. The summed E-state index contributed by atoms with van der Waals surface area (Å²) in [7, 11) is 0. The van der Waals surface area contributed by atoms with E-state index in [0.717, 1.165) is 23.3 Å². The van der Waals surface area contributed by atoms with Gasteiger partial charge in [-0.15, -0.1) is 10.2 Å². The van der Waals surface area contributed by atoms with Crippen molar-refractivity contribution in [3.05, 3.63) is 59.7 Å². The number of carbonyl (C=O) groups is 2. The maximum Gasteiger partial charge on any atom is 0.418 e. The molecule has 0 radical (unpaired) electrons. The number of amides is 3. The van der Waals surface area contributed by atoms with Gasteiger partial charge in [0.15, 0.2) is 0 Å². The van der Waals surface area contributed by atoms with Gasteiger partial charge in [0.1, 0.15) is 11.0 Å². The van der Waals surface area contributed by atoms with E-state index in [1.165, 1.54) is 23.5 Å². The Hall–Kier alpha value is -3.47. The average Bonchev–Trinajstić information content (AvgIpc) is 3.25. The van der Waals surface area contributed by atoms with Crippen molar-refractivity contribution < 1.29 is 22.8 Å². The number of rotatable bonds is 7. The first-order valence-electron chi connectivity index (χ1n) is 10.5. The van der Waals surface area contributed by atoms with Crippen LogP contribution in [0.4, 0.5) is 28.8 Å². The van der Waals surface area contributed by atoms with Crippen LogP contribution in [-0.2, 0) is 11.0 Å². The molecule has 3 N–H and O–H groups in total. The van der Waals surface area contributed by atoms with Gasteiger partial charge in [-0.2, -0.15) is 13.2 Å². The van der Waals surface area contributed by atoms with Gasteiger partial charge in [0, 0.05) is 5.56 Å². The second-order valence-electron chi connectivity index (χ2n) is 7.77. The molecule has 3 aromatic rings. The van der Waals surface area contributed by atoms with E-state index in [9.17, 15) is 22.8 Å². The summed E-state index contributed by atoms with van der Waals surface area (Å²) in [6.45, 7) is 5.56. The third-order valence-corrected chi connectivity index (χ3v) is 6.10. The summed E-state index contributed by atoms with van der Waals surface area (Å²) >= 11 is 1.18. The van der Waals surface area contributed by atoms with Gasteiger partial charge < -0.3 is 10.6 Å². The molecule has 2 aromatic carbocycles. The van der Waals surface area contributed by atoms with Crippen molar-refractivity contribution in [2.45, 2.75) is 39.4 Å². The van der Waals surface area contributed by atoms with E-state index >= 15 is 0 Å². The van der Waals surface area contributed by atoms with Gasteiger partial charge >= 0.3 is 12.2 Å². The van der Waals surface area contributed by atoms with E-state index < -0.39 is 35.4 Å². The van der Waals surface area contributed by atoms with Gasteiger partial charge in [-0.25, -0.2) is 4.79 Å². The molecule has 0 bridgehead atoms. The van der Waals surface area contributed by atoms with Crippen molar-refractivity contribution in [2.75, 3.05) is 10.6 Å². The van der Waals surface area contributed by atoms with E-state index in [0.29, 0.717) is 11.4 Å². The first-order valence-corrected chi connectivity index (χ1v) is 11.3. The van der Waals surface area contributed by atoms with Gasteiger partial charge in [0.2, 0.25) is 11.0 Å². The highest BCUT2D eigenvalue weighted by Crippen LogP contribution is 2.34. The van der Waals surface area contributed by atoms with Crippen molar-refractivity contribution >= 4 is 34.1 Å². The fourth-order valence-electron chi connectivity index (χ4n) is 3.11. The fourth-order valence-corrected chi connectivity index (χ4v) is 3.86. The molecule has 11 heteroatoms. The molecule has 180 valence electrons. The highest BCUT2D eigenvalue weighted by atomic mass is 32.1. The molecule has 0 saturated heterocycles. The Balaban J connectivity index is 1.71. The molecule has 3 rings (SSSR count). The highest BCUT2D eigenvalue weighted by Gasteiger charge is 2.34. The number of aryl methyl sites for hydroxylation is 1. The van der Waals surface area contributed by atoms with Gasteiger partial charge in [-0.05, 0) is 25.0 Å². The summed E-state index contributed by atoms with van der Waals surface area (Å²) in [5, 5.41) is 16.3. The molecule has 0 aliphatic rings. The van der Waals surface area contributed by atoms with Gasteiger partial charge in [-0.3, -0.25) is 10.1 Å². The zero-order valence-electron chi connectivity index (χ0n) is 18.7. The second kappa shape index (κ2) is 10.6. The zero-order chi connectivity index (χ0) is 24.9. The smallest absolute Gasteiger partial charge is 0.326 e. The number of halogens is 3. The van der Waals surface area contributed by atoms with E-state index in [-0.39, 0.29) is 11.0 Å². The number of nitrogens with one attached hydrogen (secondary N) is 3. The van der Waals surface area contributed by atoms with Crippen molar-refractivity contribution in [1.29, 1.82) is 0 Å². The molecule has 0 spiro atoms. The van der Waals surface area contributed by atoms with Crippen LogP contribution < -0.4 is 16.0 Å². The van der Waals surface area contributed by atoms with Crippen molar-refractivity contribution in [3.8, 4) is 10.6 Å².